The van der Waals surface area contributed by atoms with Gasteiger partial charge in [-0.3, -0.25) is 4.90 Å². The van der Waals surface area contributed by atoms with Crippen LogP contribution in [-0.4, -0.2) is 49.8 Å². The summed E-state index contributed by atoms with van der Waals surface area (Å²) in [5.41, 5.74) is 2.78. The van der Waals surface area contributed by atoms with Gasteiger partial charge in [0.1, 0.15) is 6.10 Å². The second kappa shape index (κ2) is 6.86. The minimum Gasteiger partial charge on any atom is -0.458 e. The summed E-state index contributed by atoms with van der Waals surface area (Å²) in [6.45, 7) is 10.0. The minimum atomic E-state index is -0.233. The quantitative estimate of drug-likeness (QED) is 0.791. The molecule has 0 saturated carbocycles. The molecule has 0 bridgehead atoms. The van der Waals surface area contributed by atoms with Crippen LogP contribution in [0.1, 0.15) is 28.4 Å². The number of nitrogens with zero attached hydrogens (tertiary/aromatic N) is 1. The summed E-state index contributed by atoms with van der Waals surface area (Å²) in [6, 6.07) is 5.79. The summed E-state index contributed by atoms with van der Waals surface area (Å²) in [6.07, 6.45) is -0.110. The Balaban J connectivity index is 1.89. The maximum absolute atomic E-state index is 12.2. The third-order valence-electron chi connectivity index (χ3n) is 3.53. The van der Waals surface area contributed by atoms with Gasteiger partial charge in [0.25, 0.3) is 0 Å². The molecule has 0 aliphatic carbocycles. The summed E-state index contributed by atoms with van der Waals surface area (Å²) in [5.74, 6) is -0.233. The Hall–Kier alpha value is -1.39. The Morgan fingerprint density at radius 1 is 1.35 bits per heavy atom. The first-order valence-corrected chi connectivity index (χ1v) is 7.14. The van der Waals surface area contributed by atoms with Gasteiger partial charge < -0.3 is 9.47 Å². The van der Waals surface area contributed by atoms with Crippen LogP contribution >= 0.6 is 0 Å². The molecule has 1 aliphatic heterocycles. The van der Waals surface area contributed by atoms with Crippen LogP contribution in [0.3, 0.4) is 0 Å². The van der Waals surface area contributed by atoms with Gasteiger partial charge in [-0.15, -0.1) is 0 Å². The van der Waals surface area contributed by atoms with Crippen LogP contribution in [0.15, 0.2) is 18.2 Å². The molecule has 0 amide bonds. The maximum Gasteiger partial charge on any atom is 0.338 e. The number of ether oxygens (including phenoxy) is 2. The summed E-state index contributed by atoms with van der Waals surface area (Å²) in [4.78, 5) is 14.4. The molecule has 0 unspecified atom stereocenters. The Kier molecular flexibility index (Phi) is 5.15. The molecule has 4 heteroatoms. The van der Waals surface area contributed by atoms with Gasteiger partial charge in [-0.2, -0.15) is 0 Å². The minimum absolute atomic E-state index is 0.110. The second-order valence-electron chi connectivity index (χ2n) is 5.45. The lowest BCUT2D eigenvalue weighted by Gasteiger charge is -2.28. The Morgan fingerprint density at radius 2 is 2.05 bits per heavy atom. The van der Waals surface area contributed by atoms with Crippen molar-refractivity contribution in [3.05, 3.63) is 34.9 Å². The Labute approximate surface area is 120 Å². The first-order valence-electron chi connectivity index (χ1n) is 7.14. The van der Waals surface area contributed by atoms with Crippen LogP contribution in [0, 0.1) is 13.8 Å². The highest BCUT2D eigenvalue weighted by Gasteiger charge is 2.18. The number of hydrogen-bond acceptors (Lipinski definition) is 4. The monoisotopic (exact) mass is 277 g/mol. The number of rotatable bonds is 4. The van der Waals surface area contributed by atoms with E-state index in [0.29, 0.717) is 5.56 Å². The molecule has 0 aromatic heterocycles. The molecule has 1 aliphatic rings. The summed E-state index contributed by atoms with van der Waals surface area (Å²) in [5, 5.41) is 0. The molecule has 4 nitrogen and oxygen atoms in total. The van der Waals surface area contributed by atoms with Gasteiger partial charge in [-0.1, -0.05) is 17.7 Å². The molecule has 1 aromatic carbocycles. The van der Waals surface area contributed by atoms with Gasteiger partial charge in [-0.05, 0) is 32.4 Å². The molecule has 1 saturated heterocycles. The second-order valence-corrected chi connectivity index (χ2v) is 5.45. The van der Waals surface area contributed by atoms with Gasteiger partial charge in [0, 0.05) is 19.6 Å². The standard InChI is InChI=1S/C16H23NO3/c1-12-4-5-15(13(2)10-12)16(18)20-14(3)11-17-6-8-19-9-7-17/h4-5,10,14H,6-9,11H2,1-3H3/t14-/m0/s1. The number of benzene rings is 1. The fourth-order valence-corrected chi connectivity index (χ4v) is 2.47. The van der Waals surface area contributed by atoms with E-state index in [-0.39, 0.29) is 12.1 Å². The third-order valence-corrected chi connectivity index (χ3v) is 3.53. The van der Waals surface area contributed by atoms with Gasteiger partial charge in [-0.25, -0.2) is 4.79 Å². The van der Waals surface area contributed by atoms with E-state index < -0.39 is 0 Å². The average Bonchev–Trinajstić information content (AvgIpc) is 2.39. The molecule has 1 fully saturated rings. The van der Waals surface area contributed by atoms with Crippen molar-refractivity contribution in [2.75, 3.05) is 32.8 Å². The van der Waals surface area contributed by atoms with Crippen molar-refractivity contribution in [3.63, 3.8) is 0 Å². The Morgan fingerprint density at radius 3 is 2.70 bits per heavy atom. The van der Waals surface area contributed by atoms with Gasteiger partial charge >= 0.3 is 5.97 Å². The fraction of sp³-hybridized carbons (Fsp3) is 0.562. The van der Waals surface area contributed by atoms with Crippen LogP contribution in [0.4, 0.5) is 0 Å². The van der Waals surface area contributed by atoms with E-state index in [4.69, 9.17) is 9.47 Å². The lowest BCUT2D eigenvalue weighted by molar-refractivity contribution is 0.000411. The van der Waals surface area contributed by atoms with Crippen LogP contribution in [0.2, 0.25) is 0 Å². The van der Waals surface area contributed by atoms with Gasteiger partial charge in [0.05, 0.1) is 18.8 Å². The van der Waals surface area contributed by atoms with E-state index in [9.17, 15) is 4.79 Å². The normalized spacial score (nSPS) is 17.8. The van der Waals surface area contributed by atoms with Crippen molar-refractivity contribution >= 4 is 5.97 Å². The van der Waals surface area contributed by atoms with Gasteiger partial charge in [0.2, 0.25) is 0 Å². The van der Waals surface area contributed by atoms with Gasteiger partial charge in [0.15, 0.2) is 0 Å². The summed E-state index contributed by atoms with van der Waals surface area (Å²) < 4.78 is 10.8. The molecule has 110 valence electrons. The highest BCUT2D eigenvalue weighted by Crippen LogP contribution is 2.13. The molecule has 1 aromatic rings. The lowest BCUT2D eigenvalue weighted by atomic mass is 10.1. The van der Waals surface area contributed by atoms with Crippen LogP contribution in [0.5, 0.6) is 0 Å². The zero-order valence-electron chi connectivity index (χ0n) is 12.5. The SMILES string of the molecule is Cc1ccc(C(=O)O[C@@H](C)CN2CCOCC2)c(C)c1. The Bertz CT molecular complexity index is 467. The molecular weight excluding hydrogens is 254 g/mol. The smallest absolute Gasteiger partial charge is 0.338 e. The lowest BCUT2D eigenvalue weighted by Crippen LogP contribution is -2.41. The molecule has 0 N–H and O–H groups in total. The molecule has 1 heterocycles. The number of carbonyl (C=O) groups excluding carboxylic acids is 1. The topological polar surface area (TPSA) is 38.8 Å². The maximum atomic E-state index is 12.2. The van der Waals surface area contributed by atoms with E-state index in [0.717, 1.165) is 44.0 Å². The molecule has 0 spiro atoms. The van der Waals surface area contributed by atoms with Crippen molar-refractivity contribution in [3.8, 4) is 0 Å². The molecule has 1 atom stereocenters. The van der Waals surface area contributed by atoms with Crippen LogP contribution < -0.4 is 0 Å². The molecular formula is C16H23NO3. The summed E-state index contributed by atoms with van der Waals surface area (Å²) >= 11 is 0. The average molecular weight is 277 g/mol. The van der Waals surface area contributed by atoms with E-state index in [1.807, 2.05) is 39.0 Å². The number of hydrogen-bond donors (Lipinski definition) is 0. The first kappa shape index (κ1) is 15.0. The highest BCUT2D eigenvalue weighted by molar-refractivity contribution is 5.91. The van der Waals surface area contributed by atoms with Crippen molar-refractivity contribution in [1.82, 2.24) is 4.90 Å². The van der Waals surface area contributed by atoms with E-state index in [1.165, 1.54) is 0 Å². The molecule has 2 rings (SSSR count). The summed E-state index contributed by atoms with van der Waals surface area (Å²) in [7, 11) is 0. The number of morpholine rings is 1. The largest absolute Gasteiger partial charge is 0.458 e. The molecule has 20 heavy (non-hydrogen) atoms. The highest BCUT2D eigenvalue weighted by atomic mass is 16.5. The fourth-order valence-electron chi connectivity index (χ4n) is 2.47. The van der Waals surface area contributed by atoms with Crippen molar-refractivity contribution in [1.29, 1.82) is 0 Å². The first-order chi connectivity index (χ1) is 9.56. The number of carbonyl (C=O) groups is 1. The number of esters is 1. The number of aryl methyl sites for hydroxylation is 2. The molecule has 0 radical (unpaired) electrons. The van der Waals surface area contributed by atoms with Crippen molar-refractivity contribution in [2.24, 2.45) is 0 Å². The predicted molar refractivity (Wildman–Crippen MR) is 78.1 cm³/mol. The van der Waals surface area contributed by atoms with Crippen molar-refractivity contribution in [2.45, 2.75) is 26.9 Å². The third kappa shape index (κ3) is 4.05. The van der Waals surface area contributed by atoms with Crippen LogP contribution in [0.25, 0.3) is 0 Å². The van der Waals surface area contributed by atoms with E-state index in [2.05, 4.69) is 4.90 Å². The van der Waals surface area contributed by atoms with Crippen LogP contribution in [-0.2, 0) is 9.47 Å². The zero-order valence-corrected chi connectivity index (χ0v) is 12.5. The predicted octanol–water partition coefficient (Wildman–Crippen LogP) is 2.18. The van der Waals surface area contributed by atoms with E-state index >= 15 is 0 Å². The zero-order chi connectivity index (χ0) is 14.5. The van der Waals surface area contributed by atoms with E-state index in [1.54, 1.807) is 0 Å². The van der Waals surface area contributed by atoms with Crippen molar-refractivity contribution < 1.29 is 14.3 Å².